The van der Waals surface area contributed by atoms with Gasteiger partial charge in [-0.1, -0.05) is 31.2 Å². The Bertz CT molecular complexity index is 312. The van der Waals surface area contributed by atoms with Gasteiger partial charge in [-0.2, -0.15) is 0 Å². The highest BCUT2D eigenvalue weighted by atomic mass is 14.9. The first-order valence-corrected chi connectivity index (χ1v) is 5.29. The molecule has 1 aromatic rings. The van der Waals surface area contributed by atoms with Crippen molar-refractivity contribution in [1.82, 2.24) is 0 Å². The summed E-state index contributed by atoms with van der Waals surface area (Å²) in [7, 11) is 0. The van der Waals surface area contributed by atoms with E-state index in [1.165, 1.54) is 11.1 Å². The number of benzene rings is 1. The van der Waals surface area contributed by atoms with Gasteiger partial charge in [-0.15, -0.1) is 0 Å². The van der Waals surface area contributed by atoms with Crippen molar-refractivity contribution < 1.29 is 0 Å². The van der Waals surface area contributed by atoms with Crippen LogP contribution in [-0.4, -0.2) is 5.54 Å². The molecule has 1 unspecified atom stereocenters. The third-order valence-corrected chi connectivity index (χ3v) is 3.19. The van der Waals surface area contributed by atoms with Gasteiger partial charge in [-0.3, -0.25) is 0 Å². The zero-order chi connectivity index (χ0) is 10.2. The first kappa shape index (κ1) is 9.69. The highest BCUT2D eigenvalue weighted by Crippen LogP contribution is 2.41. The Balaban J connectivity index is 2.16. The number of nitrogens with two attached hydrogens (primary N) is 2. The van der Waals surface area contributed by atoms with Gasteiger partial charge < -0.3 is 11.5 Å². The van der Waals surface area contributed by atoms with Crippen LogP contribution in [0.15, 0.2) is 24.3 Å². The largest absolute Gasteiger partial charge is 0.323 e. The van der Waals surface area contributed by atoms with Crippen LogP contribution in [0.25, 0.3) is 0 Å². The molecule has 1 aliphatic carbocycles. The van der Waals surface area contributed by atoms with E-state index in [-0.39, 0.29) is 11.6 Å². The summed E-state index contributed by atoms with van der Waals surface area (Å²) in [5.74, 6) is 0. The van der Waals surface area contributed by atoms with Crippen molar-refractivity contribution >= 4 is 0 Å². The molecule has 0 saturated heterocycles. The summed E-state index contributed by atoms with van der Waals surface area (Å²) in [4.78, 5) is 0. The molecule has 0 amide bonds. The highest BCUT2D eigenvalue weighted by molar-refractivity contribution is 5.29. The molecule has 0 spiro atoms. The van der Waals surface area contributed by atoms with E-state index in [1.54, 1.807) is 0 Å². The van der Waals surface area contributed by atoms with Crippen LogP contribution in [0.4, 0.5) is 0 Å². The van der Waals surface area contributed by atoms with E-state index in [0.717, 1.165) is 19.3 Å². The Morgan fingerprint density at radius 3 is 2.29 bits per heavy atom. The van der Waals surface area contributed by atoms with Crippen LogP contribution in [-0.2, 0) is 6.42 Å². The lowest BCUT2D eigenvalue weighted by molar-refractivity contribution is 0.536. The second kappa shape index (κ2) is 3.37. The number of hydrogen-bond acceptors (Lipinski definition) is 2. The zero-order valence-electron chi connectivity index (χ0n) is 8.66. The quantitative estimate of drug-likeness (QED) is 0.762. The first-order valence-electron chi connectivity index (χ1n) is 5.29. The average Bonchev–Trinajstić information content (AvgIpc) is 2.97. The van der Waals surface area contributed by atoms with Crippen LogP contribution in [0.1, 0.15) is 36.9 Å². The average molecular weight is 190 g/mol. The Kier molecular flexibility index (Phi) is 2.33. The van der Waals surface area contributed by atoms with E-state index in [0.29, 0.717) is 0 Å². The summed E-state index contributed by atoms with van der Waals surface area (Å²) in [6.07, 6.45) is 3.19. The minimum absolute atomic E-state index is 0.00778. The van der Waals surface area contributed by atoms with Gasteiger partial charge in [0.25, 0.3) is 0 Å². The molecular formula is C12H18N2. The molecule has 1 aliphatic rings. The van der Waals surface area contributed by atoms with Crippen LogP contribution in [0, 0.1) is 0 Å². The third-order valence-electron chi connectivity index (χ3n) is 3.19. The van der Waals surface area contributed by atoms with Gasteiger partial charge in [0.15, 0.2) is 0 Å². The molecule has 0 aromatic heterocycles. The van der Waals surface area contributed by atoms with E-state index in [4.69, 9.17) is 11.5 Å². The fourth-order valence-electron chi connectivity index (χ4n) is 1.75. The third kappa shape index (κ3) is 1.68. The SMILES string of the molecule is CCc1ccc(C(N)C2(N)CC2)cc1. The lowest BCUT2D eigenvalue weighted by atomic mass is 9.97. The molecule has 1 fully saturated rings. The molecule has 2 nitrogen and oxygen atoms in total. The number of hydrogen-bond donors (Lipinski definition) is 2. The predicted molar refractivity (Wildman–Crippen MR) is 58.9 cm³/mol. The van der Waals surface area contributed by atoms with Crippen LogP contribution < -0.4 is 11.5 Å². The summed E-state index contributed by atoms with van der Waals surface area (Å²) >= 11 is 0. The van der Waals surface area contributed by atoms with Gasteiger partial charge in [0, 0.05) is 11.6 Å². The summed E-state index contributed by atoms with van der Waals surface area (Å²) < 4.78 is 0. The summed E-state index contributed by atoms with van der Waals surface area (Å²) in [5, 5.41) is 0. The van der Waals surface area contributed by atoms with E-state index < -0.39 is 0 Å². The number of rotatable bonds is 3. The molecule has 1 atom stereocenters. The fourth-order valence-corrected chi connectivity index (χ4v) is 1.75. The first-order chi connectivity index (χ1) is 6.65. The Morgan fingerprint density at radius 1 is 1.29 bits per heavy atom. The van der Waals surface area contributed by atoms with Crippen molar-refractivity contribution in [2.45, 2.75) is 37.8 Å². The summed E-state index contributed by atoms with van der Waals surface area (Å²) in [5.41, 5.74) is 14.6. The van der Waals surface area contributed by atoms with Crippen molar-refractivity contribution in [2.24, 2.45) is 11.5 Å². The molecule has 0 aliphatic heterocycles. The van der Waals surface area contributed by atoms with Gasteiger partial charge in [-0.05, 0) is 30.4 Å². The minimum atomic E-state index is -0.117. The van der Waals surface area contributed by atoms with Gasteiger partial charge in [0.05, 0.1) is 0 Å². The Morgan fingerprint density at radius 2 is 1.86 bits per heavy atom. The monoisotopic (exact) mass is 190 g/mol. The second-order valence-electron chi connectivity index (χ2n) is 4.31. The van der Waals surface area contributed by atoms with Gasteiger partial charge in [-0.25, -0.2) is 0 Å². The maximum atomic E-state index is 6.10. The topological polar surface area (TPSA) is 52.0 Å². The molecule has 76 valence electrons. The molecule has 0 radical (unpaired) electrons. The standard InChI is InChI=1S/C12H18N2/c1-2-9-3-5-10(6-4-9)11(13)12(14)7-8-12/h3-6,11H,2,7-8,13-14H2,1H3. The fraction of sp³-hybridized carbons (Fsp3) is 0.500. The van der Waals surface area contributed by atoms with Crippen molar-refractivity contribution in [3.63, 3.8) is 0 Å². The molecular weight excluding hydrogens is 172 g/mol. The van der Waals surface area contributed by atoms with Crippen LogP contribution in [0.3, 0.4) is 0 Å². The van der Waals surface area contributed by atoms with E-state index in [2.05, 4.69) is 31.2 Å². The molecule has 4 N–H and O–H groups in total. The smallest absolute Gasteiger partial charge is 0.0477 e. The molecule has 1 aromatic carbocycles. The molecule has 2 rings (SSSR count). The molecule has 0 bridgehead atoms. The van der Waals surface area contributed by atoms with Gasteiger partial charge >= 0.3 is 0 Å². The molecule has 0 heterocycles. The summed E-state index contributed by atoms with van der Waals surface area (Å²) in [6.45, 7) is 2.15. The predicted octanol–water partition coefficient (Wildman–Crippen LogP) is 1.74. The molecule has 14 heavy (non-hydrogen) atoms. The summed E-state index contributed by atoms with van der Waals surface area (Å²) in [6, 6.07) is 8.50. The van der Waals surface area contributed by atoms with E-state index in [1.807, 2.05) is 0 Å². The van der Waals surface area contributed by atoms with Gasteiger partial charge in [0.2, 0.25) is 0 Å². The van der Waals surface area contributed by atoms with Gasteiger partial charge in [0.1, 0.15) is 0 Å². The zero-order valence-corrected chi connectivity index (χ0v) is 8.66. The van der Waals surface area contributed by atoms with Crippen LogP contribution in [0.5, 0.6) is 0 Å². The van der Waals surface area contributed by atoms with Crippen molar-refractivity contribution in [3.05, 3.63) is 35.4 Å². The molecule has 2 heteroatoms. The molecule has 1 saturated carbocycles. The normalized spacial score (nSPS) is 20.5. The van der Waals surface area contributed by atoms with E-state index >= 15 is 0 Å². The minimum Gasteiger partial charge on any atom is -0.323 e. The lowest BCUT2D eigenvalue weighted by Gasteiger charge is -2.19. The Hall–Kier alpha value is -0.860. The van der Waals surface area contributed by atoms with Crippen molar-refractivity contribution in [2.75, 3.05) is 0 Å². The van der Waals surface area contributed by atoms with Crippen LogP contribution >= 0.6 is 0 Å². The van der Waals surface area contributed by atoms with Crippen LogP contribution in [0.2, 0.25) is 0 Å². The lowest BCUT2D eigenvalue weighted by Crippen LogP contribution is -2.36. The maximum absolute atomic E-state index is 6.10. The maximum Gasteiger partial charge on any atom is 0.0477 e. The van der Waals surface area contributed by atoms with E-state index in [9.17, 15) is 0 Å². The number of aryl methyl sites for hydroxylation is 1. The highest BCUT2D eigenvalue weighted by Gasteiger charge is 2.44. The second-order valence-corrected chi connectivity index (χ2v) is 4.31. The van der Waals surface area contributed by atoms with Crippen molar-refractivity contribution in [1.29, 1.82) is 0 Å². The Labute approximate surface area is 85.3 Å². The van der Waals surface area contributed by atoms with Crippen molar-refractivity contribution in [3.8, 4) is 0 Å².